The van der Waals surface area contributed by atoms with Crippen LogP contribution in [0.15, 0.2) is 0 Å². The van der Waals surface area contributed by atoms with Crippen LogP contribution in [0.25, 0.3) is 0 Å². The fraction of sp³-hybridized carbons (Fsp3) is 1.00. The first-order valence-corrected chi connectivity index (χ1v) is 5.72. The molecule has 0 amide bonds. The quantitative estimate of drug-likeness (QED) is 0.569. The van der Waals surface area contributed by atoms with E-state index >= 15 is 0 Å². The second-order valence-corrected chi connectivity index (χ2v) is 7.21. The molecule has 68 valence electrons. The van der Waals surface area contributed by atoms with Crippen molar-refractivity contribution in [3.05, 3.63) is 0 Å². The molecular weight excluding hydrogens is 151 g/mol. The molecule has 0 aliphatic rings. The molecule has 0 bridgehead atoms. The Labute approximate surface area is 73.9 Å². The summed E-state index contributed by atoms with van der Waals surface area (Å²) in [6, 6.07) is 0. The summed E-state index contributed by atoms with van der Waals surface area (Å²) in [4.78, 5) is 0. The molecule has 0 heterocycles. The molecule has 1 atom stereocenters. The smallest absolute Gasteiger partial charge is 0.0181 e. The van der Waals surface area contributed by atoms with Crippen molar-refractivity contribution in [2.45, 2.75) is 53.1 Å². The van der Waals surface area contributed by atoms with Gasteiger partial charge in [-0.1, -0.05) is 41.5 Å². The second kappa shape index (κ2) is 3.90. The molecule has 0 saturated heterocycles. The molecular formula is C10H23P. The van der Waals surface area contributed by atoms with Gasteiger partial charge < -0.3 is 0 Å². The van der Waals surface area contributed by atoms with E-state index in [0.717, 1.165) is 8.58 Å². The molecule has 0 fully saturated rings. The van der Waals surface area contributed by atoms with Gasteiger partial charge in [0.1, 0.15) is 0 Å². The van der Waals surface area contributed by atoms with Gasteiger partial charge in [-0.05, 0) is 23.2 Å². The zero-order valence-electron chi connectivity index (χ0n) is 8.91. The highest BCUT2D eigenvalue weighted by Gasteiger charge is 2.18. The summed E-state index contributed by atoms with van der Waals surface area (Å²) >= 11 is 0. The maximum absolute atomic E-state index is 2.37. The average molecular weight is 174 g/mol. The summed E-state index contributed by atoms with van der Waals surface area (Å²) in [5.41, 5.74) is 0.519. The van der Waals surface area contributed by atoms with Crippen LogP contribution in [0.3, 0.4) is 0 Å². The zero-order chi connectivity index (χ0) is 9.12. The van der Waals surface area contributed by atoms with E-state index in [1.807, 2.05) is 0 Å². The largest absolute Gasteiger partial charge is 0.116 e. The van der Waals surface area contributed by atoms with Crippen molar-refractivity contribution in [1.82, 2.24) is 0 Å². The van der Waals surface area contributed by atoms with Crippen LogP contribution in [-0.2, 0) is 0 Å². The molecule has 0 spiro atoms. The van der Waals surface area contributed by atoms with Gasteiger partial charge in [0.15, 0.2) is 0 Å². The minimum atomic E-state index is 0.519. The third-order valence-electron chi connectivity index (χ3n) is 1.98. The Morgan fingerprint density at radius 3 is 1.73 bits per heavy atom. The van der Waals surface area contributed by atoms with Crippen molar-refractivity contribution in [3.8, 4) is 0 Å². The molecule has 0 aliphatic heterocycles. The van der Waals surface area contributed by atoms with E-state index in [4.69, 9.17) is 0 Å². The molecule has 0 radical (unpaired) electrons. The van der Waals surface area contributed by atoms with Gasteiger partial charge in [0.05, 0.1) is 0 Å². The Morgan fingerprint density at radius 1 is 1.00 bits per heavy atom. The summed E-state index contributed by atoms with van der Waals surface area (Å²) in [5.74, 6) is 0. The minimum Gasteiger partial charge on any atom is -0.116 e. The standard InChI is InChI=1S/C10H23P/c1-7-10(5,6)11-8-9(2,3)4/h11H,7-8H2,1-6H3. The Hall–Kier alpha value is 0.430. The van der Waals surface area contributed by atoms with Crippen LogP contribution in [0.4, 0.5) is 0 Å². The van der Waals surface area contributed by atoms with Gasteiger partial charge in [0, 0.05) is 0 Å². The second-order valence-electron chi connectivity index (χ2n) is 5.15. The molecule has 11 heavy (non-hydrogen) atoms. The van der Waals surface area contributed by atoms with Gasteiger partial charge >= 0.3 is 0 Å². The Balaban J connectivity index is 3.70. The molecule has 0 aromatic carbocycles. The minimum absolute atomic E-state index is 0.519. The van der Waals surface area contributed by atoms with Crippen molar-refractivity contribution in [1.29, 1.82) is 0 Å². The molecule has 0 saturated carbocycles. The molecule has 1 unspecified atom stereocenters. The van der Waals surface area contributed by atoms with Gasteiger partial charge in [-0.3, -0.25) is 0 Å². The van der Waals surface area contributed by atoms with Gasteiger partial charge in [-0.15, -0.1) is 8.58 Å². The van der Waals surface area contributed by atoms with Crippen molar-refractivity contribution < 1.29 is 0 Å². The zero-order valence-corrected chi connectivity index (χ0v) is 9.91. The predicted octanol–water partition coefficient (Wildman–Crippen LogP) is 3.90. The summed E-state index contributed by atoms with van der Waals surface area (Å²) in [6.45, 7) is 14.0. The van der Waals surface area contributed by atoms with Crippen LogP contribution in [0.2, 0.25) is 0 Å². The first-order chi connectivity index (χ1) is 4.77. The summed E-state index contributed by atoms with van der Waals surface area (Å²) < 4.78 is 0. The normalized spacial score (nSPS) is 14.7. The van der Waals surface area contributed by atoms with E-state index in [1.165, 1.54) is 12.6 Å². The number of hydrogen-bond acceptors (Lipinski definition) is 0. The van der Waals surface area contributed by atoms with E-state index in [-0.39, 0.29) is 0 Å². The number of rotatable bonds is 3. The lowest BCUT2D eigenvalue weighted by molar-refractivity contribution is 0.474. The molecule has 0 nitrogen and oxygen atoms in total. The predicted molar refractivity (Wildman–Crippen MR) is 57.0 cm³/mol. The summed E-state index contributed by atoms with van der Waals surface area (Å²) in [5, 5.41) is 0.577. The third-order valence-corrected chi connectivity index (χ3v) is 4.53. The molecule has 0 aromatic heterocycles. The van der Waals surface area contributed by atoms with Crippen LogP contribution < -0.4 is 0 Å². The van der Waals surface area contributed by atoms with Crippen LogP contribution in [0.1, 0.15) is 48.0 Å². The van der Waals surface area contributed by atoms with Crippen LogP contribution in [0.5, 0.6) is 0 Å². The van der Waals surface area contributed by atoms with E-state index in [0.29, 0.717) is 10.6 Å². The van der Waals surface area contributed by atoms with E-state index in [1.54, 1.807) is 0 Å². The van der Waals surface area contributed by atoms with Crippen LogP contribution in [-0.4, -0.2) is 11.3 Å². The van der Waals surface area contributed by atoms with Crippen LogP contribution >= 0.6 is 8.58 Å². The SMILES string of the molecule is CCC(C)(C)PCC(C)(C)C. The highest BCUT2D eigenvalue weighted by Crippen LogP contribution is 2.38. The van der Waals surface area contributed by atoms with Gasteiger partial charge in [0.2, 0.25) is 0 Å². The van der Waals surface area contributed by atoms with Crippen molar-refractivity contribution in [2.75, 3.05) is 6.16 Å². The van der Waals surface area contributed by atoms with E-state index in [2.05, 4.69) is 41.5 Å². The Morgan fingerprint density at radius 2 is 1.45 bits per heavy atom. The molecule has 0 aliphatic carbocycles. The fourth-order valence-electron chi connectivity index (χ4n) is 0.629. The maximum Gasteiger partial charge on any atom is -0.0181 e. The van der Waals surface area contributed by atoms with Crippen molar-refractivity contribution in [3.63, 3.8) is 0 Å². The molecule has 0 rings (SSSR count). The average Bonchev–Trinajstić information content (AvgIpc) is 1.83. The Kier molecular flexibility index (Phi) is 4.05. The lowest BCUT2D eigenvalue weighted by Crippen LogP contribution is -2.16. The van der Waals surface area contributed by atoms with E-state index < -0.39 is 0 Å². The van der Waals surface area contributed by atoms with Crippen molar-refractivity contribution >= 4 is 8.58 Å². The van der Waals surface area contributed by atoms with Crippen LogP contribution in [0, 0.1) is 5.41 Å². The van der Waals surface area contributed by atoms with Gasteiger partial charge in [-0.2, -0.15) is 0 Å². The maximum atomic E-state index is 2.37. The summed E-state index contributed by atoms with van der Waals surface area (Å²) in [6.07, 6.45) is 2.68. The van der Waals surface area contributed by atoms with Gasteiger partial charge in [-0.25, -0.2) is 0 Å². The topological polar surface area (TPSA) is 0 Å². The fourth-order valence-corrected chi connectivity index (χ4v) is 1.89. The monoisotopic (exact) mass is 174 g/mol. The molecule has 0 N–H and O–H groups in total. The first-order valence-electron chi connectivity index (χ1n) is 4.52. The third kappa shape index (κ3) is 6.81. The molecule has 0 aromatic rings. The summed E-state index contributed by atoms with van der Waals surface area (Å²) in [7, 11) is 1.11. The first kappa shape index (κ1) is 11.4. The van der Waals surface area contributed by atoms with Crippen molar-refractivity contribution in [2.24, 2.45) is 5.41 Å². The lowest BCUT2D eigenvalue weighted by Gasteiger charge is -2.27. The number of hydrogen-bond donors (Lipinski definition) is 0. The van der Waals surface area contributed by atoms with Gasteiger partial charge in [0.25, 0.3) is 0 Å². The Bertz CT molecular complexity index is 109. The molecule has 1 heteroatoms. The van der Waals surface area contributed by atoms with E-state index in [9.17, 15) is 0 Å². The highest BCUT2D eigenvalue weighted by molar-refractivity contribution is 7.39. The lowest BCUT2D eigenvalue weighted by atomic mass is 10.0. The highest BCUT2D eigenvalue weighted by atomic mass is 31.1.